The average Bonchev–Trinajstić information content (AvgIpc) is 3.33. The van der Waals surface area contributed by atoms with E-state index in [1.165, 1.54) is 18.2 Å². The molecule has 6 nitrogen and oxygen atoms in total. The highest BCUT2D eigenvalue weighted by atomic mass is 16.6. The largest absolute Gasteiger partial charge is 0.507 e. The maximum Gasteiger partial charge on any atom is 0.259 e. The van der Waals surface area contributed by atoms with E-state index < -0.39 is 23.7 Å². The zero-order chi connectivity index (χ0) is 16.6. The molecule has 6 heteroatoms. The summed E-state index contributed by atoms with van der Waals surface area (Å²) in [6.07, 6.45) is 2.02. The fraction of sp³-hybridized carbons (Fsp3) is 0.412. The molecule has 0 radical (unpaired) electrons. The molecule has 1 fully saturated rings. The van der Waals surface area contributed by atoms with Gasteiger partial charge in [-0.2, -0.15) is 0 Å². The SMILES string of the molecule is CCCC[C@]1(O)C(NC(=O)c2ccccc2O)=CC(=O)[C@H]2O[C@H]21. The maximum atomic E-state index is 12.3. The van der Waals surface area contributed by atoms with Gasteiger partial charge in [-0.25, -0.2) is 0 Å². The molecular weight excluding hydrogens is 298 g/mol. The monoisotopic (exact) mass is 317 g/mol. The lowest BCUT2D eigenvalue weighted by atomic mass is 9.82. The Hall–Kier alpha value is -2.18. The zero-order valence-electron chi connectivity index (χ0n) is 12.8. The number of hydrogen-bond donors (Lipinski definition) is 3. The summed E-state index contributed by atoms with van der Waals surface area (Å²) in [5.74, 6) is -0.995. The highest BCUT2D eigenvalue weighted by Gasteiger charge is 2.61. The normalized spacial score (nSPS) is 28.8. The second kappa shape index (κ2) is 5.79. The molecule has 1 aromatic rings. The minimum atomic E-state index is -1.38. The Morgan fingerprint density at radius 3 is 2.83 bits per heavy atom. The molecule has 1 aliphatic carbocycles. The molecule has 3 atom stereocenters. The maximum absolute atomic E-state index is 12.3. The van der Waals surface area contributed by atoms with Crippen molar-refractivity contribution in [1.82, 2.24) is 5.32 Å². The van der Waals surface area contributed by atoms with E-state index in [1.54, 1.807) is 12.1 Å². The number of nitrogens with one attached hydrogen (secondary N) is 1. The fourth-order valence-electron chi connectivity index (χ4n) is 2.92. The number of hydrogen-bond acceptors (Lipinski definition) is 5. The smallest absolute Gasteiger partial charge is 0.259 e. The first-order chi connectivity index (χ1) is 11.0. The van der Waals surface area contributed by atoms with Crippen molar-refractivity contribution < 1.29 is 24.5 Å². The van der Waals surface area contributed by atoms with Crippen LogP contribution in [0, 0.1) is 0 Å². The number of carbonyl (C=O) groups is 2. The number of para-hydroxylation sites is 1. The van der Waals surface area contributed by atoms with Crippen molar-refractivity contribution in [3.63, 3.8) is 0 Å². The number of epoxide rings is 1. The number of amides is 1. The van der Waals surface area contributed by atoms with Crippen LogP contribution in [0.15, 0.2) is 36.0 Å². The molecule has 2 aliphatic rings. The summed E-state index contributed by atoms with van der Waals surface area (Å²) in [4.78, 5) is 24.2. The molecule has 1 heterocycles. The molecule has 0 unspecified atom stereocenters. The van der Waals surface area contributed by atoms with E-state index in [9.17, 15) is 19.8 Å². The summed E-state index contributed by atoms with van der Waals surface area (Å²) in [5, 5.41) is 23.3. The van der Waals surface area contributed by atoms with Crippen LogP contribution in [0.1, 0.15) is 36.5 Å². The summed E-state index contributed by atoms with van der Waals surface area (Å²) >= 11 is 0. The topological polar surface area (TPSA) is 99.2 Å². The molecule has 1 aromatic carbocycles. The number of phenols is 1. The van der Waals surface area contributed by atoms with Crippen LogP contribution in [0.25, 0.3) is 0 Å². The van der Waals surface area contributed by atoms with Gasteiger partial charge in [-0.3, -0.25) is 9.59 Å². The van der Waals surface area contributed by atoms with Crippen LogP contribution in [0.5, 0.6) is 5.75 Å². The van der Waals surface area contributed by atoms with Crippen LogP contribution in [0.3, 0.4) is 0 Å². The van der Waals surface area contributed by atoms with Gasteiger partial charge in [0.05, 0.1) is 11.3 Å². The molecule has 122 valence electrons. The first kappa shape index (κ1) is 15.7. The van der Waals surface area contributed by atoms with Gasteiger partial charge in [0, 0.05) is 6.08 Å². The van der Waals surface area contributed by atoms with Gasteiger partial charge in [-0.15, -0.1) is 0 Å². The van der Waals surface area contributed by atoms with Crippen molar-refractivity contribution in [2.24, 2.45) is 0 Å². The first-order valence-electron chi connectivity index (χ1n) is 7.70. The lowest BCUT2D eigenvalue weighted by molar-refractivity contribution is -0.116. The lowest BCUT2D eigenvalue weighted by Gasteiger charge is -2.31. The molecular formula is C17H19NO5. The van der Waals surface area contributed by atoms with Crippen molar-refractivity contribution in [2.45, 2.75) is 44.0 Å². The average molecular weight is 317 g/mol. The van der Waals surface area contributed by atoms with E-state index in [4.69, 9.17) is 4.74 Å². The molecule has 1 amide bonds. The molecule has 0 saturated carbocycles. The lowest BCUT2D eigenvalue weighted by Crippen LogP contribution is -2.49. The van der Waals surface area contributed by atoms with Gasteiger partial charge in [0.2, 0.25) is 0 Å². The number of ketones is 1. The summed E-state index contributed by atoms with van der Waals surface area (Å²) in [7, 11) is 0. The third kappa shape index (κ3) is 2.75. The number of aliphatic hydroxyl groups is 1. The molecule has 1 saturated heterocycles. The van der Waals surface area contributed by atoms with E-state index in [-0.39, 0.29) is 22.8 Å². The number of carbonyl (C=O) groups excluding carboxylic acids is 2. The Morgan fingerprint density at radius 1 is 1.39 bits per heavy atom. The highest BCUT2D eigenvalue weighted by Crippen LogP contribution is 2.44. The quantitative estimate of drug-likeness (QED) is 0.710. The van der Waals surface area contributed by atoms with Crippen molar-refractivity contribution in [2.75, 3.05) is 0 Å². The van der Waals surface area contributed by atoms with Crippen LogP contribution in [-0.2, 0) is 9.53 Å². The Kier molecular flexibility index (Phi) is 3.95. The molecule has 1 aliphatic heterocycles. The standard InChI is InChI=1S/C17H19NO5/c1-2-3-8-17(22)13(9-12(20)14-15(17)23-14)18-16(21)10-6-4-5-7-11(10)19/h4-7,9,14-15,19,22H,2-3,8H2,1H3,(H,18,21)/t14-,15-,17+/m1/s1. The van der Waals surface area contributed by atoms with E-state index in [1.807, 2.05) is 6.92 Å². The Balaban J connectivity index is 1.85. The predicted molar refractivity (Wildman–Crippen MR) is 81.8 cm³/mol. The molecule has 0 spiro atoms. The number of ether oxygens (including phenoxy) is 1. The van der Waals surface area contributed by atoms with E-state index >= 15 is 0 Å². The van der Waals surface area contributed by atoms with Crippen LogP contribution >= 0.6 is 0 Å². The van der Waals surface area contributed by atoms with Crippen molar-refractivity contribution >= 4 is 11.7 Å². The van der Waals surface area contributed by atoms with Crippen LogP contribution < -0.4 is 5.32 Å². The number of aromatic hydroxyl groups is 1. The van der Waals surface area contributed by atoms with Gasteiger partial charge in [0.15, 0.2) is 5.78 Å². The first-order valence-corrected chi connectivity index (χ1v) is 7.70. The summed E-state index contributed by atoms with van der Waals surface area (Å²) < 4.78 is 5.29. The minimum absolute atomic E-state index is 0.0810. The van der Waals surface area contributed by atoms with Crippen LogP contribution in [-0.4, -0.2) is 39.7 Å². The third-order valence-electron chi connectivity index (χ3n) is 4.30. The van der Waals surface area contributed by atoms with E-state index in [2.05, 4.69) is 5.32 Å². The fourth-order valence-corrected chi connectivity index (χ4v) is 2.92. The van der Waals surface area contributed by atoms with Crippen molar-refractivity contribution in [1.29, 1.82) is 0 Å². The third-order valence-corrected chi connectivity index (χ3v) is 4.30. The molecule has 0 aromatic heterocycles. The summed E-state index contributed by atoms with van der Waals surface area (Å²) in [6, 6.07) is 6.10. The Labute approximate surface area is 133 Å². The zero-order valence-corrected chi connectivity index (χ0v) is 12.8. The number of phenolic OH excluding ortho intramolecular Hbond substituents is 1. The summed E-state index contributed by atoms with van der Waals surface area (Å²) in [5.41, 5.74) is -1.16. The second-order valence-corrected chi connectivity index (χ2v) is 5.94. The van der Waals surface area contributed by atoms with Gasteiger partial charge < -0.3 is 20.3 Å². The molecule has 0 bridgehead atoms. The summed E-state index contributed by atoms with van der Waals surface area (Å²) in [6.45, 7) is 1.99. The highest BCUT2D eigenvalue weighted by molar-refractivity contribution is 6.02. The van der Waals surface area contributed by atoms with E-state index in [0.717, 1.165) is 12.8 Å². The second-order valence-electron chi connectivity index (χ2n) is 5.94. The number of rotatable bonds is 5. The van der Waals surface area contributed by atoms with Gasteiger partial charge in [-0.05, 0) is 18.6 Å². The predicted octanol–water partition coefficient (Wildman–Crippen LogP) is 1.28. The van der Waals surface area contributed by atoms with Gasteiger partial charge >= 0.3 is 0 Å². The van der Waals surface area contributed by atoms with Gasteiger partial charge in [0.1, 0.15) is 23.6 Å². The van der Waals surface area contributed by atoms with Crippen molar-refractivity contribution in [3.05, 3.63) is 41.6 Å². The number of fused-ring (bicyclic) bond motifs is 1. The van der Waals surface area contributed by atoms with Crippen LogP contribution in [0.2, 0.25) is 0 Å². The minimum Gasteiger partial charge on any atom is -0.507 e. The van der Waals surface area contributed by atoms with Crippen LogP contribution in [0.4, 0.5) is 0 Å². The van der Waals surface area contributed by atoms with E-state index in [0.29, 0.717) is 6.42 Å². The number of unbranched alkanes of at least 4 members (excludes halogenated alkanes) is 1. The molecule has 3 N–H and O–H groups in total. The van der Waals surface area contributed by atoms with Gasteiger partial charge in [0.25, 0.3) is 5.91 Å². The Bertz CT molecular complexity index is 683. The molecule has 23 heavy (non-hydrogen) atoms. The number of benzene rings is 1. The van der Waals surface area contributed by atoms with Crippen molar-refractivity contribution in [3.8, 4) is 5.75 Å². The van der Waals surface area contributed by atoms with Gasteiger partial charge in [-0.1, -0.05) is 31.9 Å². The Morgan fingerprint density at radius 2 is 2.13 bits per heavy atom. The molecule has 3 rings (SSSR count).